The maximum absolute atomic E-state index is 13.4. The summed E-state index contributed by atoms with van der Waals surface area (Å²) in [7, 11) is 2.13. The number of anilines is 1. The molecule has 3 N–H and O–H groups in total. The van der Waals surface area contributed by atoms with Crippen molar-refractivity contribution in [1.82, 2.24) is 20.1 Å². The first-order chi connectivity index (χ1) is 19.5. The smallest absolute Gasteiger partial charge is 0.241 e. The Kier molecular flexibility index (Phi) is 10.5. The number of rotatable bonds is 6. The van der Waals surface area contributed by atoms with Gasteiger partial charge in [0.05, 0.1) is 43.4 Å². The van der Waals surface area contributed by atoms with Gasteiger partial charge in [-0.05, 0) is 56.6 Å². The number of amides is 1. The van der Waals surface area contributed by atoms with Crippen molar-refractivity contribution >= 4 is 11.6 Å². The molecule has 0 bridgehead atoms. The van der Waals surface area contributed by atoms with Crippen LogP contribution < -0.4 is 10.2 Å². The number of benzene rings is 1. The number of hydrogen-bond donors (Lipinski definition) is 3. The van der Waals surface area contributed by atoms with Crippen LogP contribution in [0.15, 0.2) is 30.3 Å². The molecule has 3 atom stereocenters. The lowest BCUT2D eigenvalue weighted by Gasteiger charge is -2.32. The Balaban J connectivity index is 0.000000417. The van der Waals surface area contributed by atoms with Crippen molar-refractivity contribution in [3.8, 4) is 0 Å². The first-order valence-corrected chi connectivity index (χ1v) is 14.6. The Morgan fingerprint density at radius 3 is 2.59 bits per heavy atom. The van der Waals surface area contributed by atoms with Gasteiger partial charge in [0.15, 0.2) is 0 Å². The number of pyridine rings is 1. The van der Waals surface area contributed by atoms with Crippen molar-refractivity contribution < 1.29 is 24.1 Å². The second kappa shape index (κ2) is 13.7. The van der Waals surface area contributed by atoms with Gasteiger partial charge in [-0.3, -0.25) is 19.6 Å². The minimum Gasteiger partial charge on any atom is -0.393 e. The summed E-state index contributed by atoms with van der Waals surface area (Å²) in [4.78, 5) is 24.4. The van der Waals surface area contributed by atoms with Crippen molar-refractivity contribution in [3.05, 3.63) is 58.7 Å². The van der Waals surface area contributed by atoms with E-state index in [-0.39, 0.29) is 17.1 Å². The lowest BCUT2D eigenvalue weighted by atomic mass is 9.90. The third kappa shape index (κ3) is 7.88. The molecule has 3 unspecified atom stereocenters. The van der Waals surface area contributed by atoms with Crippen molar-refractivity contribution in [3.63, 3.8) is 0 Å². The molecule has 2 aromatic rings. The molecule has 2 saturated heterocycles. The fourth-order valence-electron chi connectivity index (χ4n) is 5.62. The molecular formula is C31H46FN5O4. The monoisotopic (exact) mass is 571 g/mol. The van der Waals surface area contributed by atoms with E-state index in [1.165, 1.54) is 12.1 Å². The van der Waals surface area contributed by atoms with Gasteiger partial charge in [0.25, 0.3) is 0 Å². The molecule has 1 aromatic carbocycles. The Morgan fingerprint density at radius 2 is 1.98 bits per heavy atom. The van der Waals surface area contributed by atoms with Gasteiger partial charge in [-0.1, -0.05) is 26.0 Å². The van der Waals surface area contributed by atoms with Crippen LogP contribution in [-0.2, 0) is 21.4 Å². The summed E-state index contributed by atoms with van der Waals surface area (Å²) >= 11 is 0. The molecule has 9 nitrogen and oxygen atoms in total. The number of hydrogen-bond acceptors (Lipinski definition) is 8. The summed E-state index contributed by atoms with van der Waals surface area (Å²) in [5.41, 5.74) is 3.08. The van der Waals surface area contributed by atoms with E-state index in [0.29, 0.717) is 42.9 Å². The Labute approximate surface area is 243 Å². The van der Waals surface area contributed by atoms with E-state index in [2.05, 4.69) is 36.0 Å². The van der Waals surface area contributed by atoms with Crippen molar-refractivity contribution in [1.29, 1.82) is 0 Å². The fraction of sp³-hybridized carbons (Fsp3) is 0.613. The van der Waals surface area contributed by atoms with Crippen LogP contribution in [0.25, 0.3) is 0 Å². The summed E-state index contributed by atoms with van der Waals surface area (Å²) < 4.78 is 18.6. The van der Waals surface area contributed by atoms with Crippen LogP contribution in [0.2, 0.25) is 0 Å². The van der Waals surface area contributed by atoms with E-state index in [0.717, 1.165) is 56.3 Å². The lowest BCUT2D eigenvalue weighted by molar-refractivity contribution is -0.120. The third-order valence-corrected chi connectivity index (χ3v) is 8.21. The summed E-state index contributed by atoms with van der Waals surface area (Å²) in [6, 6.07) is 9.04. The largest absolute Gasteiger partial charge is 0.393 e. The number of nitrogens with zero attached hydrogens (tertiary/aromatic N) is 4. The molecule has 4 heterocycles. The maximum Gasteiger partial charge on any atom is 0.241 e. The van der Waals surface area contributed by atoms with Crippen LogP contribution in [0.4, 0.5) is 10.1 Å². The number of piperazine rings is 1. The number of aliphatic hydroxyl groups excluding tert-OH is 2. The van der Waals surface area contributed by atoms with Crippen LogP contribution in [0.1, 0.15) is 56.3 Å². The van der Waals surface area contributed by atoms with Crippen LogP contribution in [0, 0.1) is 5.82 Å². The predicted molar refractivity (Wildman–Crippen MR) is 158 cm³/mol. The average Bonchev–Trinajstić information content (AvgIpc) is 3.21. The molecule has 0 saturated carbocycles. The van der Waals surface area contributed by atoms with E-state index in [4.69, 9.17) is 9.72 Å². The first-order valence-electron chi connectivity index (χ1n) is 14.6. The summed E-state index contributed by atoms with van der Waals surface area (Å²) in [6.07, 6.45) is -0.723. The number of ether oxygens (including phenoxy) is 1. The van der Waals surface area contributed by atoms with Gasteiger partial charge in [-0.15, -0.1) is 0 Å². The molecule has 1 aromatic heterocycles. The quantitative estimate of drug-likeness (QED) is 0.485. The SMILES string of the molecule is CC1CN(CC(=O)N2CC(C)(C)c3nc(C(O)CO)c(Cc4ccc(F)cc4)cc32)CCN1.CC1COCCN1C. The van der Waals surface area contributed by atoms with E-state index in [1.807, 2.05) is 19.9 Å². The first kappa shape index (κ1) is 31.5. The van der Waals surface area contributed by atoms with Gasteiger partial charge in [-0.2, -0.15) is 0 Å². The molecule has 3 aliphatic heterocycles. The average molecular weight is 572 g/mol. The topological polar surface area (TPSA) is 101 Å². The number of aliphatic hydroxyl groups is 2. The van der Waals surface area contributed by atoms with Gasteiger partial charge >= 0.3 is 0 Å². The molecule has 3 aliphatic rings. The van der Waals surface area contributed by atoms with Gasteiger partial charge in [0, 0.05) is 50.2 Å². The molecule has 0 spiro atoms. The molecule has 0 aliphatic carbocycles. The zero-order valence-corrected chi connectivity index (χ0v) is 25.1. The highest BCUT2D eigenvalue weighted by Gasteiger charge is 2.41. The van der Waals surface area contributed by atoms with Crippen LogP contribution >= 0.6 is 0 Å². The normalized spacial score (nSPS) is 23.5. The van der Waals surface area contributed by atoms with Crippen LogP contribution in [0.3, 0.4) is 0 Å². The van der Waals surface area contributed by atoms with Crippen molar-refractivity contribution in [2.45, 2.75) is 57.7 Å². The minimum atomic E-state index is -1.13. The standard InChI is InChI=1S/C25H33FN4O3.C6H13NO/c1-16-12-29(9-8-27-16)13-22(33)30-15-25(2,3)24-20(30)11-18(23(28-24)21(32)14-31)10-17-4-6-19(26)7-5-17;1-6-5-8-4-3-7(6)2/h4-7,11,16,21,27,31-32H,8-10,12-15H2,1-3H3;6H,3-5H2,1-2H3. The number of aromatic nitrogens is 1. The number of fused-ring (bicyclic) bond motifs is 1. The maximum atomic E-state index is 13.4. The van der Waals surface area contributed by atoms with Gasteiger partial charge in [-0.25, -0.2) is 4.39 Å². The summed E-state index contributed by atoms with van der Waals surface area (Å²) in [6.45, 7) is 14.2. The minimum absolute atomic E-state index is 0.0286. The Bertz CT molecular complexity index is 1170. The Morgan fingerprint density at radius 1 is 1.24 bits per heavy atom. The summed E-state index contributed by atoms with van der Waals surface area (Å²) in [5, 5.41) is 23.5. The highest BCUT2D eigenvalue weighted by Crippen LogP contribution is 2.41. The van der Waals surface area contributed by atoms with Gasteiger partial charge < -0.3 is 25.2 Å². The van der Waals surface area contributed by atoms with Crippen molar-refractivity contribution in [2.75, 3.05) is 71.0 Å². The van der Waals surface area contributed by atoms with Gasteiger partial charge in [0.2, 0.25) is 5.91 Å². The molecule has 1 amide bonds. The highest BCUT2D eigenvalue weighted by molar-refractivity contribution is 5.97. The van der Waals surface area contributed by atoms with Crippen molar-refractivity contribution in [2.24, 2.45) is 0 Å². The number of morpholine rings is 1. The third-order valence-electron chi connectivity index (χ3n) is 8.21. The highest BCUT2D eigenvalue weighted by atomic mass is 19.1. The predicted octanol–water partition coefficient (Wildman–Crippen LogP) is 2.09. The zero-order valence-electron chi connectivity index (χ0n) is 25.1. The molecule has 41 heavy (non-hydrogen) atoms. The number of nitrogens with one attached hydrogen (secondary N) is 1. The second-order valence-electron chi connectivity index (χ2n) is 12.3. The second-order valence-corrected chi connectivity index (χ2v) is 12.3. The number of likely N-dealkylation sites (N-methyl/N-ethyl adjacent to an activating group) is 1. The molecular weight excluding hydrogens is 525 g/mol. The molecule has 2 fully saturated rings. The molecule has 5 rings (SSSR count). The summed E-state index contributed by atoms with van der Waals surface area (Å²) in [5.74, 6) is -0.289. The number of carbonyl (C=O) groups is 1. The number of halogens is 1. The van der Waals surface area contributed by atoms with E-state index in [1.54, 1.807) is 17.0 Å². The van der Waals surface area contributed by atoms with E-state index >= 15 is 0 Å². The Hall–Kier alpha value is -2.47. The zero-order chi connectivity index (χ0) is 29.7. The lowest BCUT2D eigenvalue weighted by Crippen LogP contribution is -2.52. The van der Waals surface area contributed by atoms with Crippen LogP contribution in [0.5, 0.6) is 0 Å². The van der Waals surface area contributed by atoms with Gasteiger partial charge in [0.1, 0.15) is 11.9 Å². The van der Waals surface area contributed by atoms with E-state index in [9.17, 15) is 19.4 Å². The van der Waals surface area contributed by atoms with E-state index < -0.39 is 12.7 Å². The van der Waals surface area contributed by atoms with Crippen LogP contribution in [-0.4, -0.2) is 109 Å². The molecule has 226 valence electrons. The number of carbonyl (C=O) groups excluding carboxylic acids is 1. The molecule has 10 heteroatoms. The fourth-order valence-corrected chi connectivity index (χ4v) is 5.62. The molecule has 0 radical (unpaired) electrons.